The van der Waals surface area contributed by atoms with Crippen LogP contribution in [0.2, 0.25) is 0 Å². The number of benzene rings is 4. The van der Waals surface area contributed by atoms with Crippen LogP contribution in [0.25, 0.3) is 10.8 Å². The first kappa shape index (κ1) is 21.7. The molecule has 7 nitrogen and oxygen atoms in total. The third-order valence-electron chi connectivity index (χ3n) is 5.18. The predicted octanol–water partition coefficient (Wildman–Crippen LogP) is 5.59. The molecule has 0 saturated carbocycles. The fraction of sp³-hybridized carbons (Fsp3) is 0.0769. The molecule has 0 radical (unpaired) electrons. The summed E-state index contributed by atoms with van der Waals surface area (Å²) in [5.41, 5.74) is 1.23. The first-order valence-corrected chi connectivity index (χ1v) is 10.2. The molecule has 33 heavy (non-hydrogen) atoms. The topological polar surface area (TPSA) is 98.5 Å². The number of nitro groups is 1. The lowest BCUT2D eigenvalue weighted by Gasteiger charge is -2.19. The van der Waals surface area contributed by atoms with E-state index >= 15 is 0 Å². The molecule has 4 aromatic rings. The third-order valence-corrected chi connectivity index (χ3v) is 5.18. The molecule has 0 aliphatic heterocycles. The second-order valence-corrected chi connectivity index (χ2v) is 7.49. The number of amides is 1. The molecule has 1 atom stereocenters. The van der Waals surface area contributed by atoms with Gasteiger partial charge in [-0.05, 0) is 35.4 Å². The number of esters is 1. The van der Waals surface area contributed by atoms with Gasteiger partial charge in [0.1, 0.15) is 5.69 Å². The Morgan fingerprint density at radius 2 is 1.61 bits per heavy atom. The van der Waals surface area contributed by atoms with Gasteiger partial charge >= 0.3 is 5.97 Å². The first-order chi connectivity index (χ1) is 15.9. The lowest BCUT2D eigenvalue weighted by Crippen LogP contribution is -2.26. The van der Waals surface area contributed by atoms with Crippen molar-refractivity contribution in [1.82, 2.24) is 0 Å². The number of aryl methyl sites for hydroxylation is 1. The zero-order valence-electron chi connectivity index (χ0n) is 17.7. The highest BCUT2D eigenvalue weighted by Gasteiger charge is 2.28. The number of nitrogens with zero attached hydrogens (tertiary/aromatic N) is 1. The second-order valence-electron chi connectivity index (χ2n) is 7.49. The molecule has 164 valence electrons. The van der Waals surface area contributed by atoms with E-state index in [1.807, 2.05) is 24.3 Å². The Morgan fingerprint density at radius 3 is 2.36 bits per heavy atom. The van der Waals surface area contributed by atoms with Gasteiger partial charge in [0, 0.05) is 11.6 Å². The summed E-state index contributed by atoms with van der Waals surface area (Å²) in [5.74, 6) is -1.36. The van der Waals surface area contributed by atoms with Crippen LogP contribution in [0, 0.1) is 17.0 Å². The number of ether oxygens (including phenoxy) is 1. The molecule has 0 unspecified atom stereocenters. The quantitative estimate of drug-likeness (QED) is 0.239. The number of fused-ring (bicyclic) bond motifs is 1. The summed E-state index contributed by atoms with van der Waals surface area (Å²) < 4.78 is 5.67. The molecule has 0 fully saturated rings. The number of hydrogen-bond donors (Lipinski definition) is 1. The molecule has 0 aliphatic rings. The van der Waals surface area contributed by atoms with Crippen molar-refractivity contribution in [3.63, 3.8) is 0 Å². The van der Waals surface area contributed by atoms with Crippen LogP contribution in [0.3, 0.4) is 0 Å². The van der Waals surface area contributed by atoms with Crippen LogP contribution in [0.1, 0.15) is 27.6 Å². The van der Waals surface area contributed by atoms with Crippen LogP contribution >= 0.6 is 0 Å². The number of nitro benzene ring substituents is 1. The second kappa shape index (κ2) is 9.32. The van der Waals surface area contributed by atoms with Gasteiger partial charge in [0.2, 0.25) is 6.10 Å². The van der Waals surface area contributed by atoms with Crippen molar-refractivity contribution in [2.24, 2.45) is 0 Å². The molecular weight excluding hydrogens is 420 g/mol. The highest BCUT2D eigenvalue weighted by molar-refractivity contribution is 6.06. The highest BCUT2D eigenvalue weighted by Crippen LogP contribution is 2.29. The number of hydrogen-bond acceptors (Lipinski definition) is 5. The van der Waals surface area contributed by atoms with Gasteiger partial charge in [0.25, 0.3) is 11.6 Å². The number of nitrogens with one attached hydrogen (secondary N) is 1. The average Bonchev–Trinajstić information content (AvgIpc) is 2.83. The molecule has 4 rings (SSSR count). The summed E-state index contributed by atoms with van der Waals surface area (Å²) in [6, 6.07) is 25.6. The van der Waals surface area contributed by atoms with Crippen LogP contribution < -0.4 is 5.32 Å². The largest absolute Gasteiger partial charge is 0.444 e. The number of carbonyl (C=O) groups excluding carboxylic acids is 2. The van der Waals surface area contributed by atoms with Crippen molar-refractivity contribution in [3.8, 4) is 0 Å². The summed E-state index contributed by atoms with van der Waals surface area (Å²) in [7, 11) is 0. The van der Waals surface area contributed by atoms with E-state index in [-0.39, 0.29) is 11.4 Å². The Morgan fingerprint density at radius 1 is 0.909 bits per heavy atom. The Labute approximate surface area is 189 Å². The van der Waals surface area contributed by atoms with Gasteiger partial charge in [-0.2, -0.15) is 0 Å². The molecule has 4 aromatic carbocycles. The lowest BCUT2D eigenvalue weighted by molar-refractivity contribution is -0.384. The van der Waals surface area contributed by atoms with E-state index < -0.39 is 22.9 Å². The molecule has 0 spiro atoms. The summed E-state index contributed by atoms with van der Waals surface area (Å²) in [4.78, 5) is 37.2. The summed E-state index contributed by atoms with van der Waals surface area (Å²) in [5, 5.41) is 15.6. The Bertz CT molecular complexity index is 1350. The van der Waals surface area contributed by atoms with E-state index in [2.05, 4.69) is 5.32 Å². The van der Waals surface area contributed by atoms with Crippen LogP contribution in [-0.4, -0.2) is 16.8 Å². The summed E-state index contributed by atoms with van der Waals surface area (Å²) in [6.07, 6.45) is -1.31. The monoisotopic (exact) mass is 440 g/mol. The molecule has 0 saturated heterocycles. The molecule has 7 heteroatoms. The minimum absolute atomic E-state index is 0.0257. The van der Waals surface area contributed by atoms with Crippen molar-refractivity contribution in [3.05, 3.63) is 118 Å². The fourth-order valence-electron chi connectivity index (χ4n) is 3.57. The van der Waals surface area contributed by atoms with Crippen molar-refractivity contribution < 1.29 is 19.2 Å². The Kier molecular flexibility index (Phi) is 6.13. The maximum atomic E-state index is 13.2. The van der Waals surface area contributed by atoms with Gasteiger partial charge in [-0.3, -0.25) is 14.9 Å². The van der Waals surface area contributed by atoms with Crippen molar-refractivity contribution >= 4 is 34.0 Å². The van der Waals surface area contributed by atoms with Gasteiger partial charge < -0.3 is 10.1 Å². The molecule has 0 aromatic heterocycles. The van der Waals surface area contributed by atoms with Crippen LogP contribution in [-0.2, 0) is 9.53 Å². The molecular formula is C26H20N2O5. The molecule has 0 aliphatic carbocycles. The van der Waals surface area contributed by atoms with E-state index in [1.165, 1.54) is 12.1 Å². The van der Waals surface area contributed by atoms with E-state index in [9.17, 15) is 19.7 Å². The number of anilines is 1. The van der Waals surface area contributed by atoms with Gasteiger partial charge in [0.15, 0.2) is 0 Å². The Balaban J connectivity index is 1.67. The standard InChI is InChI=1S/C26H20N2O5/c1-17-14-15-22(23(16-17)28(31)32)27-25(29)24(19-9-3-2-4-10-19)33-26(30)21-13-7-11-18-8-5-6-12-20(18)21/h2-16,24H,1H3,(H,27,29)/t24-/m1/s1. The smallest absolute Gasteiger partial charge is 0.339 e. The van der Waals surface area contributed by atoms with Crippen molar-refractivity contribution in [2.45, 2.75) is 13.0 Å². The van der Waals surface area contributed by atoms with Gasteiger partial charge in [-0.1, -0.05) is 72.8 Å². The van der Waals surface area contributed by atoms with Crippen molar-refractivity contribution in [2.75, 3.05) is 5.32 Å². The van der Waals surface area contributed by atoms with Gasteiger partial charge in [-0.15, -0.1) is 0 Å². The van der Waals surface area contributed by atoms with Crippen molar-refractivity contribution in [1.29, 1.82) is 0 Å². The van der Waals surface area contributed by atoms with Gasteiger partial charge in [-0.25, -0.2) is 4.79 Å². The minimum Gasteiger partial charge on any atom is -0.444 e. The fourth-order valence-corrected chi connectivity index (χ4v) is 3.57. The predicted molar refractivity (Wildman–Crippen MR) is 125 cm³/mol. The lowest BCUT2D eigenvalue weighted by atomic mass is 10.0. The van der Waals surface area contributed by atoms with Crippen LogP contribution in [0.5, 0.6) is 0 Å². The normalized spacial score (nSPS) is 11.5. The number of carbonyl (C=O) groups is 2. The molecule has 0 bridgehead atoms. The molecule has 1 amide bonds. The maximum Gasteiger partial charge on any atom is 0.339 e. The summed E-state index contributed by atoms with van der Waals surface area (Å²) >= 11 is 0. The maximum absolute atomic E-state index is 13.2. The minimum atomic E-state index is -1.31. The first-order valence-electron chi connectivity index (χ1n) is 10.2. The Hall–Kier alpha value is -4.52. The highest BCUT2D eigenvalue weighted by atomic mass is 16.6. The van der Waals surface area contributed by atoms with Crippen LogP contribution in [0.15, 0.2) is 91.0 Å². The molecule has 1 N–H and O–H groups in total. The van der Waals surface area contributed by atoms with Crippen LogP contribution in [0.4, 0.5) is 11.4 Å². The zero-order chi connectivity index (χ0) is 23.4. The zero-order valence-corrected chi connectivity index (χ0v) is 17.7. The van der Waals surface area contributed by atoms with E-state index in [0.29, 0.717) is 22.1 Å². The third kappa shape index (κ3) is 4.72. The SMILES string of the molecule is Cc1ccc(NC(=O)[C@H](OC(=O)c2cccc3ccccc23)c2ccccc2)c([N+](=O)[O-])c1. The van der Waals surface area contributed by atoms with E-state index in [4.69, 9.17) is 4.74 Å². The van der Waals surface area contributed by atoms with E-state index in [0.717, 1.165) is 5.39 Å². The summed E-state index contributed by atoms with van der Waals surface area (Å²) in [6.45, 7) is 1.72. The van der Waals surface area contributed by atoms with E-state index in [1.54, 1.807) is 61.5 Å². The molecule has 0 heterocycles. The van der Waals surface area contributed by atoms with Gasteiger partial charge in [0.05, 0.1) is 10.5 Å². The average molecular weight is 440 g/mol. The number of rotatable bonds is 6.